The molecule has 0 heterocycles. The van der Waals surface area contributed by atoms with Crippen molar-refractivity contribution >= 4 is 39.5 Å². The van der Waals surface area contributed by atoms with E-state index >= 15 is 0 Å². The zero-order valence-corrected chi connectivity index (χ0v) is 69.6. The quantitative estimate of drug-likeness (QED) is 0.0222. The Kier molecular flexibility index (Phi) is 72.8. The zero-order valence-electron chi connectivity index (χ0n) is 67.8. The Morgan fingerprint density at radius 1 is 0.282 bits per heavy atom. The first-order valence-corrected chi connectivity index (χ1v) is 46.4. The molecular formula is C84H164O17P2. The van der Waals surface area contributed by atoms with Gasteiger partial charge in [0.25, 0.3) is 0 Å². The highest BCUT2D eigenvalue weighted by Crippen LogP contribution is 2.45. The highest BCUT2D eigenvalue weighted by Gasteiger charge is 2.30. The Balaban J connectivity index is 5.22. The van der Waals surface area contributed by atoms with E-state index in [1.807, 2.05) is 0 Å². The third kappa shape index (κ3) is 76.6. The SMILES string of the molecule is CCCCCCCCCCCC(=O)OC[C@H](COP(=O)(O)OC[C@H](O)COP(=O)(O)OC[C@@H](COC(=O)CCCCCCCCCCCCCCCCCC(C)C)OC(=O)CCCCCCCCCCCCCCCCCC(C)C)OC(=O)CCCCCCCCCCCCCCCCC(C)CC. The average molecular weight is 1510 g/mol. The van der Waals surface area contributed by atoms with E-state index in [0.717, 1.165) is 108 Å². The van der Waals surface area contributed by atoms with Crippen molar-refractivity contribution < 1.29 is 80.2 Å². The van der Waals surface area contributed by atoms with E-state index in [0.29, 0.717) is 25.7 Å². The van der Waals surface area contributed by atoms with Gasteiger partial charge in [0.1, 0.15) is 19.3 Å². The van der Waals surface area contributed by atoms with E-state index in [2.05, 4.69) is 48.5 Å². The molecule has 0 aromatic rings. The molecule has 0 rings (SSSR count). The van der Waals surface area contributed by atoms with E-state index < -0.39 is 97.5 Å². The molecule has 103 heavy (non-hydrogen) atoms. The highest BCUT2D eigenvalue weighted by atomic mass is 31.2. The van der Waals surface area contributed by atoms with Gasteiger partial charge in [-0.1, -0.05) is 389 Å². The largest absolute Gasteiger partial charge is 0.472 e. The second-order valence-corrected chi connectivity index (χ2v) is 34.3. The van der Waals surface area contributed by atoms with Crippen LogP contribution in [0.4, 0.5) is 0 Å². The molecule has 0 saturated heterocycles. The Morgan fingerprint density at radius 3 is 0.738 bits per heavy atom. The molecule has 17 nitrogen and oxygen atoms in total. The highest BCUT2D eigenvalue weighted by molar-refractivity contribution is 7.47. The molecule has 3 unspecified atom stereocenters. The van der Waals surface area contributed by atoms with Crippen LogP contribution >= 0.6 is 15.6 Å². The number of carbonyl (C=O) groups is 4. The predicted molar refractivity (Wildman–Crippen MR) is 423 cm³/mol. The summed E-state index contributed by atoms with van der Waals surface area (Å²) in [5.41, 5.74) is 0. The monoisotopic (exact) mass is 1510 g/mol. The molecular weight excluding hydrogens is 1340 g/mol. The molecule has 0 fully saturated rings. The van der Waals surface area contributed by atoms with Gasteiger partial charge in [0.2, 0.25) is 0 Å². The smallest absolute Gasteiger partial charge is 0.462 e. The van der Waals surface area contributed by atoms with Crippen molar-refractivity contribution in [1.29, 1.82) is 0 Å². The van der Waals surface area contributed by atoms with Crippen molar-refractivity contribution in [1.82, 2.24) is 0 Å². The molecule has 0 saturated carbocycles. The number of hydrogen-bond acceptors (Lipinski definition) is 15. The van der Waals surface area contributed by atoms with Gasteiger partial charge >= 0.3 is 39.5 Å². The summed E-state index contributed by atoms with van der Waals surface area (Å²) in [4.78, 5) is 73.1. The van der Waals surface area contributed by atoms with Crippen LogP contribution in [0.15, 0.2) is 0 Å². The third-order valence-electron chi connectivity index (χ3n) is 20.0. The second kappa shape index (κ2) is 74.2. The van der Waals surface area contributed by atoms with Crippen LogP contribution in [0.25, 0.3) is 0 Å². The van der Waals surface area contributed by atoms with Crippen molar-refractivity contribution in [2.45, 2.75) is 458 Å². The van der Waals surface area contributed by atoms with Crippen LogP contribution in [0.2, 0.25) is 0 Å². The molecule has 0 bridgehead atoms. The number of phosphoric ester groups is 2. The van der Waals surface area contributed by atoms with Gasteiger partial charge in [-0.3, -0.25) is 37.3 Å². The lowest BCUT2D eigenvalue weighted by atomic mass is 9.99. The van der Waals surface area contributed by atoms with E-state index in [4.69, 9.17) is 37.0 Å². The molecule has 0 spiro atoms. The number of aliphatic hydroxyl groups is 1. The molecule has 612 valence electrons. The zero-order chi connectivity index (χ0) is 75.8. The van der Waals surface area contributed by atoms with Crippen molar-refractivity contribution in [2.24, 2.45) is 17.8 Å². The molecule has 0 aliphatic rings. The van der Waals surface area contributed by atoms with Crippen LogP contribution in [0, 0.1) is 17.8 Å². The summed E-state index contributed by atoms with van der Waals surface area (Å²) in [6, 6.07) is 0. The predicted octanol–water partition coefficient (Wildman–Crippen LogP) is 25.3. The topological polar surface area (TPSA) is 237 Å². The van der Waals surface area contributed by atoms with Crippen molar-refractivity contribution in [3.63, 3.8) is 0 Å². The van der Waals surface area contributed by atoms with E-state index in [-0.39, 0.29) is 25.7 Å². The summed E-state index contributed by atoms with van der Waals surface area (Å²) < 4.78 is 68.8. The molecule has 0 radical (unpaired) electrons. The Labute approximate surface area is 632 Å². The van der Waals surface area contributed by atoms with Gasteiger partial charge in [0, 0.05) is 25.7 Å². The number of aliphatic hydroxyl groups excluding tert-OH is 1. The summed E-state index contributed by atoms with van der Waals surface area (Å²) in [6.45, 7) is 12.1. The maximum absolute atomic E-state index is 13.1. The van der Waals surface area contributed by atoms with E-state index in [1.54, 1.807) is 0 Å². The molecule has 0 aliphatic carbocycles. The lowest BCUT2D eigenvalue weighted by Crippen LogP contribution is -2.30. The van der Waals surface area contributed by atoms with E-state index in [9.17, 15) is 43.2 Å². The van der Waals surface area contributed by atoms with Gasteiger partial charge in [-0.05, 0) is 43.4 Å². The lowest BCUT2D eigenvalue weighted by molar-refractivity contribution is -0.161. The number of rotatable bonds is 82. The van der Waals surface area contributed by atoms with E-state index in [1.165, 1.54) is 250 Å². The minimum absolute atomic E-state index is 0.108. The van der Waals surface area contributed by atoms with Crippen molar-refractivity contribution in [3.05, 3.63) is 0 Å². The second-order valence-electron chi connectivity index (χ2n) is 31.4. The Bertz CT molecular complexity index is 1990. The fraction of sp³-hybridized carbons (Fsp3) is 0.952. The summed E-state index contributed by atoms with van der Waals surface area (Å²) in [5, 5.41) is 10.7. The van der Waals surface area contributed by atoms with Crippen LogP contribution < -0.4 is 0 Å². The summed E-state index contributed by atoms with van der Waals surface area (Å²) >= 11 is 0. The van der Waals surface area contributed by atoms with Gasteiger partial charge in [0.15, 0.2) is 12.2 Å². The maximum atomic E-state index is 13.1. The summed E-state index contributed by atoms with van der Waals surface area (Å²) in [7, 11) is -9.92. The molecule has 6 atom stereocenters. The number of unbranched alkanes of at least 4 members (excludes halogenated alkanes) is 49. The van der Waals surface area contributed by atoms with Crippen LogP contribution in [-0.2, 0) is 65.4 Å². The van der Waals surface area contributed by atoms with Gasteiger partial charge in [-0.25, -0.2) is 9.13 Å². The fourth-order valence-electron chi connectivity index (χ4n) is 13.0. The summed E-state index contributed by atoms with van der Waals surface area (Å²) in [6.07, 6.45) is 63.7. The normalized spacial score (nSPS) is 14.2. The van der Waals surface area contributed by atoms with Crippen LogP contribution in [-0.4, -0.2) is 96.7 Å². The Morgan fingerprint density at radius 2 is 0.495 bits per heavy atom. The minimum atomic E-state index is -4.96. The molecule has 3 N–H and O–H groups in total. The third-order valence-corrected chi connectivity index (χ3v) is 21.9. The average Bonchev–Trinajstić information content (AvgIpc) is 0.933. The number of carbonyl (C=O) groups excluding carboxylic acids is 4. The molecule has 0 aromatic carbocycles. The lowest BCUT2D eigenvalue weighted by Gasteiger charge is -2.21. The fourth-order valence-corrected chi connectivity index (χ4v) is 14.6. The number of ether oxygens (including phenoxy) is 4. The minimum Gasteiger partial charge on any atom is -0.462 e. The first-order chi connectivity index (χ1) is 49.8. The molecule has 19 heteroatoms. The number of esters is 4. The van der Waals surface area contributed by atoms with Crippen LogP contribution in [0.3, 0.4) is 0 Å². The van der Waals surface area contributed by atoms with Crippen molar-refractivity contribution in [3.8, 4) is 0 Å². The molecule has 0 amide bonds. The Hall–Kier alpha value is -1.94. The van der Waals surface area contributed by atoms with Gasteiger partial charge in [-0.15, -0.1) is 0 Å². The van der Waals surface area contributed by atoms with Gasteiger partial charge in [-0.2, -0.15) is 0 Å². The van der Waals surface area contributed by atoms with Crippen LogP contribution in [0.1, 0.15) is 440 Å². The first kappa shape index (κ1) is 101. The first-order valence-electron chi connectivity index (χ1n) is 43.4. The molecule has 0 aliphatic heterocycles. The maximum Gasteiger partial charge on any atom is 0.472 e. The van der Waals surface area contributed by atoms with Gasteiger partial charge < -0.3 is 33.8 Å². The number of phosphoric acid groups is 2. The van der Waals surface area contributed by atoms with Crippen molar-refractivity contribution in [2.75, 3.05) is 39.6 Å². The molecule has 0 aromatic heterocycles. The standard InChI is InChI=1S/C84H164O17P2/c1-8-10-11-12-13-34-44-51-58-65-81(86)94-71-79(100-83(88)68-61-54-47-40-33-27-21-20-24-30-37-43-50-57-64-77(7)9-2)73-98-102(90,91)96-69-78(85)70-97-103(92,93)99-74-80(101-84(89)67-60-53-46-39-32-26-19-15-17-23-29-36-42-49-56-63-76(5)6)72-95-82(87)66-59-52-45-38-31-25-18-14-16-22-28-35-41-48-55-62-75(3)4/h75-80,85H,8-74H2,1-7H3,(H,90,91)(H,92,93)/t77?,78-,79+,80+/m0/s1. The van der Waals surface area contributed by atoms with Crippen LogP contribution in [0.5, 0.6) is 0 Å². The van der Waals surface area contributed by atoms with Gasteiger partial charge in [0.05, 0.1) is 26.4 Å². The number of hydrogen-bond donors (Lipinski definition) is 3. The summed E-state index contributed by atoms with van der Waals surface area (Å²) in [5.74, 6) is 0.348.